The van der Waals surface area contributed by atoms with Crippen LogP contribution in [0.5, 0.6) is 0 Å². The summed E-state index contributed by atoms with van der Waals surface area (Å²) < 4.78 is 0. The van der Waals surface area contributed by atoms with Crippen LogP contribution in [0.15, 0.2) is 18.2 Å². The van der Waals surface area contributed by atoms with Crippen molar-refractivity contribution in [2.45, 2.75) is 19.3 Å². The summed E-state index contributed by atoms with van der Waals surface area (Å²) in [5.41, 5.74) is -0.825. The molecule has 0 unspecified atom stereocenters. The first-order valence-corrected chi connectivity index (χ1v) is 4.62. The van der Waals surface area contributed by atoms with Gasteiger partial charge in [-0.3, -0.25) is 10.1 Å². The molecule has 0 radical (unpaired) electrons. The highest BCUT2D eigenvalue weighted by molar-refractivity contribution is 6.31. The minimum Gasteiger partial charge on any atom is -0.258 e. The maximum Gasteiger partial charge on any atom is 0.275 e. The van der Waals surface area contributed by atoms with Crippen molar-refractivity contribution in [1.29, 1.82) is 5.26 Å². The van der Waals surface area contributed by atoms with Crippen molar-refractivity contribution >= 4 is 17.3 Å². The third kappa shape index (κ3) is 2.08. The number of nitriles is 1. The smallest absolute Gasteiger partial charge is 0.258 e. The molecule has 0 aliphatic rings. The zero-order chi connectivity index (χ0) is 11.6. The van der Waals surface area contributed by atoms with Gasteiger partial charge in [-0.2, -0.15) is 5.26 Å². The molecule has 78 valence electrons. The molecule has 15 heavy (non-hydrogen) atoms. The highest BCUT2D eigenvalue weighted by atomic mass is 35.5. The predicted molar refractivity (Wildman–Crippen MR) is 56.7 cm³/mol. The molecule has 0 saturated carbocycles. The molecule has 0 aliphatic heterocycles. The van der Waals surface area contributed by atoms with Gasteiger partial charge in [0.1, 0.15) is 0 Å². The molecule has 0 atom stereocenters. The van der Waals surface area contributed by atoms with Gasteiger partial charge in [-0.05, 0) is 19.9 Å². The predicted octanol–water partition coefficient (Wildman–Crippen LogP) is 3.05. The summed E-state index contributed by atoms with van der Waals surface area (Å²) in [6.07, 6.45) is 0. The van der Waals surface area contributed by atoms with Crippen molar-refractivity contribution < 1.29 is 4.92 Å². The number of nitro groups is 1. The number of hydrogen-bond donors (Lipinski definition) is 0. The molecule has 0 amide bonds. The topological polar surface area (TPSA) is 66.9 Å². The van der Waals surface area contributed by atoms with E-state index in [0.29, 0.717) is 0 Å². The SMILES string of the molecule is CC(C)(C#N)c1c(Cl)cccc1[N+](=O)[O-]. The Morgan fingerprint density at radius 3 is 2.60 bits per heavy atom. The Morgan fingerprint density at radius 2 is 2.13 bits per heavy atom. The molecule has 5 heteroatoms. The number of benzene rings is 1. The molecular weight excluding hydrogens is 216 g/mol. The molecule has 0 saturated heterocycles. The Hall–Kier alpha value is -1.60. The molecule has 0 bridgehead atoms. The van der Waals surface area contributed by atoms with Crippen LogP contribution in [-0.4, -0.2) is 4.92 Å². The lowest BCUT2D eigenvalue weighted by Gasteiger charge is -2.16. The van der Waals surface area contributed by atoms with E-state index >= 15 is 0 Å². The second-order valence-corrected chi connectivity index (χ2v) is 4.04. The van der Waals surface area contributed by atoms with Crippen LogP contribution in [0, 0.1) is 21.4 Å². The first-order chi connectivity index (χ1) is 6.90. The van der Waals surface area contributed by atoms with E-state index in [4.69, 9.17) is 16.9 Å². The monoisotopic (exact) mass is 224 g/mol. The fourth-order valence-corrected chi connectivity index (χ4v) is 1.75. The van der Waals surface area contributed by atoms with Gasteiger partial charge in [-0.15, -0.1) is 0 Å². The van der Waals surface area contributed by atoms with Crippen LogP contribution < -0.4 is 0 Å². The molecule has 0 aromatic heterocycles. The molecule has 0 spiro atoms. The summed E-state index contributed by atoms with van der Waals surface area (Å²) in [7, 11) is 0. The number of halogens is 1. The summed E-state index contributed by atoms with van der Waals surface area (Å²) in [6.45, 7) is 3.20. The van der Waals surface area contributed by atoms with Crippen molar-refractivity contribution in [1.82, 2.24) is 0 Å². The highest BCUT2D eigenvalue weighted by Crippen LogP contribution is 2.36. The highest BCUT2D eigenvalue weighted by Gasteiger charge is 2.31. The quantitative estimate of drug-likeness (QED) is 0.573. The van der Waals surface area contributed by atoms with Gasteiger partial charge in [0.15, 0.2) is 0 Å². The molecule has 0 aliphatic carbocycles. The van der Waals surface area contributed by atoms with Crippen LogP contribution >= 0.6 is 11.6 Å². The molecule has 1 rings (SSSR count). The van der Waals surface area contributed by atoms with Crippen LogP contribution in [0.3, 0.4) is 0 Å². The van der Waals surface area contributed by atoms with Crippen LogP contribution in [0.2, 0.25) is 5.02 Å². The summed E-state index contributed by atoms with van der Waals surface area (Å²) in [6, 6.07) is 6.39. The van der Waals surface area contributed by atoms with E-state index in [1.165, 1.54) is 12.1 Å². The Balaban J connectivity index is 3.53. The van der Waals surface area contributed by atoms with Gasteiger partial charge in [0.25, 0.3) is 5.69 Å². The lowest BCUT2D eigenvalue weighted by Crippen LogP contribution is -2.16. The van der Waals surface area contributed by atoms with E-state index < -0.39 is 10.3 Å². The van der Waals surface area contributed by atoms with Crippen LogP contribution in [-0.2, 0) is 5.41 Å². The number of hydrogen-bond acceptors (Lipinski definition) is 3. The lowest BCUT2D eigenvalue weighted by atomic mass is 9.85. The fraction of sp³-hybridized carbons (Fsp3) is 0.300. The Labute approximate surface area is 92.2 Å². The van der Waals surface area contributed by atoms with Crippen LogP contribution in [0.1, 0.15) is 19.4 Å². The molecule has 1 aromatic carbocycles. The average molecular weight is 225 g/mol. The third-order valence-corrected chi connectivity index (χ3v) is 2.41. The fourth-order valence-electron chi connectivity index (χ4n) is 1.34. The second-order valence-electron chi connectivity index (χ2n) is 3.63. The minimum absolute atomic E-state index is 0.117. The molecule has 0 fully saturated rings. The van der Waals surface area contributed by atoms with E-state index in [-0.39, 0.29) is 16.3 Å². The lowest BCUT2D eigenvalue weighted by molar-refractivity contribution is -0.385. The van der Waals surface area contributed by atoms with Gasteiger partial charge in [0.05, 0.1) is 27.0 Å². The van der Waals surface area contributed by atoms with Crippen LogP contribution in [0.4, 0.5) is 5.69 Å². The number of rotatable bonds is 2. The van der Waals surface area contributed by atoms with Gasteiger partial charge >= 0.3 is 0 Å². The summed E-state index contributed by atoms with van der Waals surface area (Å²) in [5.74, 6) is 0. The Bertz CT molecular complexity index is 449. The van der Waals surface area contributed by atoms with Crippen molar-refractivity contribution in [3.63, 3.8) is 0 Å². The Morgan fingerprint density at radius 1 is 1.53 bits per heavy atom. The van der Waals surface area contributed by atoms with Crippen molar-refractivity contribution in [3.05, 3.63) is 38.9 Å². The van der Waals surface area contributed by atoms with Crippen molar-refractivity contribution in [2.75, 3.05) is 0 Å². The number of nitro benzene ring substituents is 1. The molecule has 1 aromatic rings. The molecular formula is C10H9ClN2O2. The molecule has 4 nitrogen and oxygen atoms in total. The maximum absolute atomic E-state index is 10.8. The van der Waals surface area contributed by atoms with Gasteiger partial charge in [0, 0.05) is 6.07 Å². The van der Waals surface area contributed by atoms with E-state index in [2.05, 4.69) is 0 Å². The minimum atomic E-state index is -0.971. The van der Waals surface area contributed by atoms with E-state index in [0.717, 1.165) is 0 Å². The first kappa shape index (κ1) is 11.5. The van der Waals surface area contributed by atoms with Gasteiger partial charge < -0.3 is 0 Å². The van der Waals surface area contributed by atoms with Gasteiger partial charge in [-0.1, -0.05) is 17.7 Å². The first-order valence-electron chi connectivity index (χ1n) is 4.25. The third-order valence-electron chi connectivity index (χ3n) is 2.09. The molecule has 0 heterocycles. The van der Waals surface area contributed by atoms with Gasteiger partial charge in [-0.25, -0.2) is 0 Å². The van der Waals surface area contributed by atoms with E-state index in [1.807, 2.05) is 6.07 Å². The normalized spacial score (nSPS) is 10.8. The van der Waals surface area contributed by atoms with Crippen molar-refractivity contribution in [3.8, 4) is 6.07 Å². The van der Waals surface area contributed by atoms with Crippen molar-refractivity contribution in [2.24, 2.45) is 0 Å². The summed E-state index contributed by atoms with van der Waals surface area (Å²) in [5, 5.41) is 20.0. The standard InChI is InChI=1S/C10H9ClN2O2/c1-10(2,6-12)9-7(11)4-3-5-8(9)13(14)15/h3-5H,1-2H3. The van der Waals surface area contributed by atoms with E-state index in [1.54, 1.807) is 19.9 Å². The average Bonchev–Trinajstić information content (AvgIpc) is 2.17. The zero-order valence-corrected chi connectivity index (χ0v) is 9.08. The van der Waals surface area contributed by atoms with E-state index in [9.17, 15) is 10.1 Å². The maximum atomic E-state index is 10.8. The van der Waals surface area contributed by atoms with Gasteiger partial charge in [0.2, 0.25) is 0 Å². The Kier molecular flexibility index (Phi) is 2.96. The summed E-state index contributed by atoms with van der Waals surface area (Å²) in [4.78, 5) is 10.2. The zero-order valence-electron chi connectivity index (χ0n) is 8.32. The summed E-state index contributed by atoms with van der Waals surface area (Å²) >= 11 is 5.88. The van der Waals surface area contributed by atoms with Crippen LogP contribution in [0.25, 0.3) is 0 Å². The molecule has 0 N–H and O–H groups in total. The second kappa shape index (κ2) is 3.87. The number of nitrogens with zero attached hydrogens (tertiary/aromatic N) is 2. The largest absolute Gasteiger partial charge is 0.275 e.